The van der Waals surface area contributed by atoms with Gasteiger partial charge in [0.15, 0.2) is 19.0 Å². The van der Waals surface area contributed by atoms with Crippen LogP contribution in [0.2, 0.25) is 0 Å². The summed E-state index contributed by atoms with van der Waals surface area (Å²) < 4.78 is 55.5. The summed E-state index contributed by atoms with van der Waals surface area (Å²) in [5.41, 5.74) is 3.04. The number of carbonyl (C=O) groups excluding carboxylic acids is 1. The number of benzene rings is 1. The van der Waals surface area contributed by atoms with Crippen molar-refractivity contribution >= 4 is 29.0 Å². The van der Waals surface area contributed by atoms with E-state index in [1.807, 2.05) is 18.3 Å². The second-order valence-corrected chi connectivity index (χ2v) is 10.8. The zero-order valence-corrected chi connectivity index (χ0v) is 22.5. The predicted octanol–water partition coefficient (Wildman–Crippen LogP) is 4.06. The molecule has 10 nitrogen and oxygen atoms in total. The lowest BCUT2D eigenvalue weighted by molar-refractivity contribution is -0.459. The first-order valence-corrected chi connectivity index (χ1v) is 13.7. The van der Waals surface area contributed by atoms with Gasteiger partial charge in [0.05, 0.1) is 31.6 Å². The summed E-state index contributed by atoms with van der Waals surface area (Å²) in [7, 11) is 0. The van der Waals surface area contributed by atoms with E-state index in [1.54, 1.807) is 4.40 Å². The number of pyridine rings is 1. The van der Waals surface area contributed by atoms with Gasteiger partial charge in [-0.3, -0.25) is 14.1 Å². The third-order valence-corrected chi connectivity index (χ3v) is 7.81. The number of imidazole rings is 1. The molecular weight excluding hydrogens is 551 g/mol. The van der Waals surface area contributed by atoms with E-state index < -0.39 is 23.6 Å². The molecule has 0 bridgehead atoms. The summed E-state index contributed by atoms with van der Waals surface area (Å²) in [6, 6.07) is 7.76. The summed E-state index contributed by atoms with van der Waals surface area (Å²) in [4.78, 5) is 24.1. The van der Waals surface area contributed by atoms with Crippen molar-refractivity contribution in [1.82, 2.24) is 24.4 Å². The molecule has 0 unspecified atom stereocenters. The van der Waals surface area contributed by atoms with Gasteiger partial charge >= 0.3 is 0 Å². The molecule has 7 rings (SSSR count). The zero-order chi connectivity index (χ0) is 28.8. The number of rotatable bonds is 8. The number of morpholine rings is 1. The van der Waals surface area contributed by atoms with Crippen LogP contribution in [-0.4, -0.2) is 86.4 Å². The molecular formula is C29H27F3N7O3+. The second kappa shape index (κ2) is 10.5. The van der Waals surface area contributed by atoms with Crippen molar-refractivity contribution in [2.45, 2.75) is 24.7 Å². The minimum absolute atomic E-state index is 0.0870. The van der Waals surface area contributed by atoms with Gasteiger partial charge in [0.1, 0.15) is 22.7 Å². The Morgan fingerprint density at radius 3 is 2.71 bits per heavy atom. The van der Waals surface area contributed by atoms with Crippen LogP contribution >= 0.6 is 0 Å². The Kier molecular flexibility index (Phi) is 6.62. The number of anilines is 1. The van der Waals surface area contributed by atoms with E-state index in [2.05, 4.69) is 42.3 Å². The number of nitrogens with zero attached hydrogens (tertiary/aromatic N) is 6. The molecule has 1 N–H and O–H groups in total. The van der Waals surface area contributed by atoms with E-state index in [4.69, 9.17) is 9.26 Å². The number of carbonyl (C=O) groups is 1. The summed E-state index contributed by atoms with van der Waals surface area (Å²) >= 11 is 0. The van der Waals surface area contributed by atoms with Crippen LogP contribution in [0.3, 0.4) is 0 Å². The molecule has 13 heteroatoms. The molecule has 1 saturated heterocycles. The van der Waals surface area contributed by atoms with Crippen LogP contribution < -0.4 is 5.32 Å². The first-order chi connectivity index (χ1) is 20.3. The molecule has 2 aliphatic heterocycles. The molecule has 1 aliphatic carbocycles. The van der Waals surface area contributed by atoms with Gasteiger partial charge in [0.25, 0.3) is 5.91 Å². The van der Waals surface area contributed by atoms with Crippen LogP contribution in [0.5, 0.6) is 0 Å². The molecule has 1 aromatic carbocycles. The van der Waals surface area contributed by atoms with Crippen LogP contribution in [-0.2, 0) is 4.74 Å². The molecule has 42 heavy (non-hydrogen) atoms. The number of allylic oxidation sites excluding steroid dienone is 1. The molecule has 1 amide bonds. The largest absolute Gasteiger partial charge is 0.379 e. The maximum Gasteiger partial charge on any atom is 0.274 e. The first kappa shape index (κ1) is 26.5. The summed E-state index contributed by atoms with van der Waals surface area (Å²) in [6.07, 6.45) is 6.71. The van der Waals surface area contributed by atoms with Gasteiger partial charge in [-0.2, -0.15) is 4.98 Å². The van der Waals surface area contributed by atoms with Crippen LogP contribution in [0.4, 0.5) is 18.9 Å². The number of hydrogen-bond acceptors (Lipinski definition) is 7. The Balaban J connectivity index is 1.04. The molecule has 3 aliphatic rings. The third-order valence-electron chi connectivity index (χ3n) is 7.81. The molecule has 4 aromatic rings. The number of amides is 1. The highest BCUT2D eigenvalue weighted by atomic mass is 19.3. The Morgan fingerprint density at radius 2 is 1.93 bits per heavy atom. The Labute approximate surface area is 238 Å². The van der Waals surface area contributed by atoms with E-state index >= 15 is 0 Å². The fourth-order valence-electron chi connectivity index (χ4n) is 5.33. The van der Waals surface area contributed by atoms with Crippen molar-refractivity contribution in [2.75, 3.05) is 44.7 Å². The fraction of sp³-hybridized carbons (Fsp3) is 0.345. The summed E-state index contributed by atoms with van der Waals surface area (Å²) in [5, 5.41) is 6.46. The van der Waals surface area contributed by atoms with Crippen LogP contribution in [0.15, 0.2) is 53.4 Å². The highest BCUT2D eigenvalue weighted by Gasteiger charge is 2.48. The smallest absolute Gasteiger partial charge is 0.274 e. The number of nitrogens with one attached hydrogen (secondary N) is 1. The van der Waals surface area contributed by atoms with Crippen LogP contribution in [0.1, 0.15) is 40.7 Å². The van der Waals surface area contributed by atoms with E-state index in [1.165, 1.54) is 24.4 Å². The molecule has 1 saturated carbocycles. The van der Waals surface area contributed by atoms with Gasteiger partial charge in [-0.25, -0.2) is 22.7 Å². The Morgan fingerprint density at radius 1 is 1.14 bits per heavy atom. The molecule has 0 spiro atoms. The number of ether oxygens (including phenoxy) is 1. The van der Waals surface area contributed by atoms with Gasteiger partial charge in [-0.1, -0.05) is 5.16 Å². The van der Waals surface area contributed by atoms with Crippen molar-refractivity contribution in [1.29, 1.82) is 0 Å². The zero-order valence-electron chi connectivity index (χ0n) is 22.5. The normalized spacial score (nSPS) is 18.7. The molecule has 2 fully saturated rings. The van der Waals surface area contributed by atoms with Gasteiger partial charge in [0, 0.05) is 49.2 Å². The van der Waals surface area contributed by atoms with E-state index in [-0.39, 0.29) is 35.9 Å². The number of halogens is 3. The minimum atomic E-state index is -2.72. The minimum Gasteiger partial charge on any atom is -0.379 e. The van der Waals surface area contributed by atoms with Gasteiger partial charge in [0.2, 0.25) is 17.6 Å². The Bertz CT molecular complexity index is 1730. The average molecular weight is 579 g/mol. The number of hydrogen-bond donors (Lipinski definition) is 1. The maximum atomic E-state index is 14.7. The predicted molar refractivity (Wildman–Crippen MR) is 146 cm³/mol. The molecule has 216 valence electrons. The van der Waals surface area contributed by atoms with Gasteiger partial charge < -0.3 is 14.6 Å². The number of aromatic nitrogens is 4. The molecule has 5 heterocycles. The Hall–Kier alpha value is -4.36. The molecule has 0 radical (unpaired) electrons. The van der Waals surface area contributed by atoms with Crippen molar-refractivity contribution in [2.24, 2.45) is 0 Å². The van der Waals surface area contributed by atoms with Crippen LogP contribution in [0, 0.1) is 5.82 Å². The highest BCUT2D eigenvalue weighted by molar-refractivity contribution is 6.10. The van der Waals surface area contributed by atoms with Crippen molar-refractivity contribution in [3.63, 3.8) is 0 Å². The number of fused-ring (bicyclic) bond motifs is 1. The van der Waals surface area contributed by atoms with Gasteiger partial charge in [-0.15, -0.1) is 0 Å². The first-order valence-electron chi connectivity index (χ1n) is 13.7. The standard InChI is InChI=1S/C29H26F3N7O3/c30-22-3-1-18(26-35-28(42-36-26)20-12-29(31,32)13-20)11-23(22)34-27(40)24-14-33-25-4-2-19(17-39(24)25)21-15-38(16-21)6-5-37-7-9-41-10-8-37/h1-4,11,14-17,20H,5-10,12-13H2/p+1. The van der Waals surface area contributed by atoms with Crippen molar-refractivity contribution in [3.05, 3.63) is 71.9 Å². The summed E-state index contributed by atoms with van der Waals surface area (Å²) in [5.74, 6) is -4.20. The average Bonchev–Trinajstić information content (AvgIpc) is 3.60. The van der Waals surface area contributed by atoms with E-state index in [9.17, 15) is 18.0 Å². The topological polar surface area (TPSA) is 101 Å². The maximum absolute atomic E-state index is 14.7. The van der Waals surface area contributed by atoms with Crippen molar-refractivity contribution < 1.29 is 31.8 Å². The third kappa shape index (κ3) is 5.21. The lowest BCUT2D eigenvalue weighted by Gasteiger charge is -2.31. The quantitative estimate of drug-likeness (QED) is 0.315. The van der Waals surface area contributed by atoms with Crippen LogP contribution in [0.25, 0.3) is 22.6 Å². The van der Waals surface area contributed by atoms with E-state index in [0.29, 0.717) is 11.2 Å². The summed E-state index contributed by atoms with van der Waals surface area (Å²) in [6.45, 7) is 5.28. The van der Waals surface area contributed by atoms with Crippen molar-refractivity contribution in [3.8, 4) is 11.4 Å². The lowest BCUT2D eigenvalue weighted by atomic mass is 9.81. The van der Waals surface area contributed by atoms with E-state index in [0.717, 1.165) is 50.5 Å². The fourth-order valence-corrected chi connectivity index (χ4v) is 5.33. The SMILES string of the molecule is O=C(Nc1cc(-c2noc(C3CC(F)(F)C3)n2)ccc1F)c1cnc2ccc(C3=C[N+](CCN4CCOCC4)=C3)cn12. The molecule has 0 atom stereocenters. The molecule has 3 aromatic heterocycles. The lowest BCUT2D eigenvalue weighted by Crippen LogP contribution is -2.39. The number of alkyl halides is 2. The highest BCUT2D eigenvalue weighted by Crippen LogP contribution is 2.48. The monoisotopic (exact) mass is 578 g/mol. The van der Waals surface area contributed by atoms with Gasteiger partial charge in [-0.05, 0) is 30.3 Å². The second-order valence-electron chi connectivity index (χ2n) is 10.8.